The molecule has 1 saturated heterocycles. The third-order valence-electron chi connectivity index (χ3n) is 3.11. The molecule has 6 heteroatoms. The first-order chi connectivity index (χ1) is 8.02. The van der Waals surface area contributed by atoms with E-state index in [1.165, 1.54) is 4.88 Å². The van der Waals surface area contributed by atoms with E-state index >= 15 is 0 Å². The average Bonchev–Trinajstić information content (AvgIpc) is 2.82. The molecule has 0 bridgehead atoms. The highest BCUT2D eigenvalue weighted by Gasteiger charge is 2.39. The molecule has 1 aliphatic rings. The van der Waals surface area contributed by atoms with Gasteiger partial charge in [0.05, 0.1) is 23.7 Å². The fourth-order valence-corrected chi connectivity index (χ4v) is 4.79. The molecule has 96 valence electrons. The third kappa shape index (κ3) is 3.07. The molecule has 0 amide bonds. The highest BCUT2D eigenvalue weighted by molar-refractivity contribution is 7.91. The Kier molecular flexibility index (Phi) is 3.87. The van der Waals surface area contributed by atoms with E-state index in [0.29, 0.717) is 6.54 Å². The van der Waals surface area contributed by atoms with Crippen LogP contribution in [0.5, 0.6) is 0 Å². The molecular weight excluding hydrogens is 258 g/mol. The highest BCUT2D eigenvalue weighted by atomic mass is 32.2. The van der Waals surface area contributed by atoms with Crippen molar-refractivity contribution in [1.82, 2.24) is 4.90 Å². The predicted octanol–water partition coefficient (Wildman–Crippen LogP) is 0.728. The lowest BCUT2D eigenvalue weighted by Crippen LogP contribution is -2.42. The molecule has 2 atom stereocenters. The molecule has 17 heavy (non-hydrogen) atoms. The summed E-state index contributed by atoms with van der Waals surface area (Å²) in [5, 5.41) is 11.8. The number of thiophene rings is 1. The van der Waals surface area contributed by atoms with Gasteiger partial charge in [0, 0.05) is 11.4 Å². The molecule has 1 aliphatic heterocycles. The van der Waals surface area contributed by atoms with Crippen LogP contribution in [0.1, 0.15) is 11.8 Å². The van der Waals surface area contributed by atoms with Gasteiger partial charge in [-0.1, -0.05) is 13.0 Å². The minimum Gasteiger partial charge on any atom is -0.390 e. The Balaban J connectivity index is 2.09. The van der Waals surface area contributed by atoms with E-state index in [0.717, 1.165) is 6.54 Å². The van der Waals surface area contributed by atoms with Crippen molar-refractivity contribution in [1.29, 1.82) is 0 Å². The largest absolute Gasteiger partial charge is 0.390 e. The molecular formula is C11H17NO3S2. The number of hydrogen-bond donors (Lipinski definition) is 1. The number of aliphatic hydroxyl groups is 1. The molecule has 0 radical (unpaired) electrons. The fraction of sp³-hybridized carbons (Fsp3) is 0.636. The second-order valence-corrected chi connectivity index (χ2v) is 7.54. The number of sulfone groups is 1. The van der Waals surface area contributed by atoms with Crippen LogP contribution in [0.25, 0.3) is 0 Å². The second kappa shape index (κ2) is 5.06. The molecule has 4 nitrogen and oxygen atoms in total. The van der Waals surface area contributed by atoms with Gasteiger partial charge >= 0.3 is 0 Å². The predicted molar refractivity (Wildman–Crippen MR) is 68.9 cm³/mol. The van der Waals surface area contributed by atoms with E-state index in [1.54, 1.807) is 11.3 Å². The average molecular weight is 275 g/mol. The van der Waals surface area contributed by atoms with Gasteiger partial charge in [-0.25, -0.2) is 8.42 Å². The van der Waals surface area contributed by atoms with Crippen molar-refractivity contribution in [2.24, 2.45) is 0 Å². The Labute approximate surface area is 106 Å². The molecule has 1 aromatic rings. The molecule has 0 aromatic carbocycles. The van der Waals surface area contributed by atoms with Crippen LogP contribution in [0.3, 0.4) is 0 Å². The number of nitrogens with zero attached hydrogens (tertiary/aromatic N) is 1. The summed E-state index contributed by atoms with van der Waals surface area (Å²) in [5.41, 5.74) is 0. The van der Waals surface area contributed by atoms with Crippen molar-refractivity contribution in [3.05, 3.63) is 22.4 Å². The van der Waals surface area contributed by atoms with Gasteiger partial charge in [0.15, 0.2) is 9.84 Å². The molecule has 2 unspecified atom stereocenters. The Morgan fingerprint density at radius 1 is 1.53 bits per heavy atom. The Morgan fingerprint density at radius 3 is 2.76 bits per heavy atom. The van der Waals surface area contributed by atoms with Crippen LogP contribution in [0, 0.1) is 0 Å². The number of rotatable bonds is 4. The normalized spacial score (nSPS) is 27.7. The van der Waals surface area contributed by atoms with Gasteiger partial charge in [-0.3, -0.25) is 4.90 Å². The van der Waals surface area contributed by atoms with Crippen LogP contribution in [-0.4, -0.2) is 48.6 Å². The zero-order valence-electron chi connectivity index (χ0n) is 9.74. The van der Waals surface area contributed by atoms with Crippen molar-refractivity contribution >= 4 is 21.2 Å². The molecule has 1 aromatic heterocycles. The summed E-state index contributed by atoms with van der Waals surface area (Å²) in [6.07, 6.45) is -0.750. The summed E-state index contributed by atoms with van der Waals surface area (Å²) in [6, 6.07) is 3.76. The zero-order valence-corrected chi connectivity index (χ0v) is 11.4. The number of likely N-dealkylation sites (N-methyl/N-ethyl adjacent to an activating group) is 1. The van der Waals surface area contributed by atoms with Crippen LogP contribution in [0.2, 0.25) is 0 Å². The van der Waals surface area contributed by atoms with E-state index in [2.05, 4.69) is 0 Å². The van der Waals surface area contributed by atoms with E-state index in [9.17, 15) is 13.5 Å². The number of aliphatic hydroxyl groups excluding tert-OH is 1. The SMILES string of the molecule is CCN(Cc1cccs1)C1CS(=O)(=O)CC1O. The standard InChI is InChI=1S/C11H17NO3S2/c1-2-12(6-9-4-3-5-16-9)10-7-17(14,15)8-11(10)13/h3-5,10-11,13H,2,6-8H2,1H3. The number of hydrogen-bond acceptors (Lipinski definition) is 5. The Morgan fingerprint density at radius 2 is 2.29 bits per heavy atom. The van der Waals surface area contributed by atoms with Gasteiger partial charge in [-0.05, 0) is 18.0 Å². The molecule has 0 spiro atoms. The van der Waals surface area contributed by atoms with Crippen LogP contribution in [0.4, 0.5) is 0 Å². The molecule has 2 heterocycles. The lowest BCUT2D eigenvalue weighted by molar-refractivity contribution is 0.0825. The van der Waals surface area contributed by atoms with Crippen LogP contribution < -0.4 is 0 Å². The van der Waals surface area contributed by atoms with Crippen molar-refractivity contribution in [2.45, 2.75) is 25.6 Å². The van der Waals surface area contributed by atoms with Gasteiger partial charge < -0.3 is 5.11 Å². The third-order valence-corrected chi connectivity index (χ3v) is 5.67. The van der Waals surface area contributed by atoms with Crippen LogP contribution in [-0.2, 0) is 16.4 Å². The van der Waals surface area contributed by atoms with E-state index in [-0.39, 0.29) is 17.5 Å². The smallest absolute Gasteiger partial charge is 0.154 e. The minimum atomic E-state index is -3.07. The van der Waals surface area contributed by atoms with Gasteiger partial charge in [0.1, 0.15) is 0 Å². The first kappa shape index (κ1) is 13.0. The lowest BCUT2D eigenvalue weighted by Gasteiger charge is -2.28. The van der Waals surface area contributed by atoms with E-state index in [4.69, 9.17) is 0 Å². The van der Waals surface area contributed by atoms with Crippen molar-refractivity contribution < 1.29 is 13.5 Å². The van der Waals surface area contributed by atoms with Gasteiger partial charge in [-0.15, -0.1) is 11.3 Å². The zero-order chi connectivity index (χ0) is 12.5. The van der Waals surface area contributed by atoms with Gasteiger partial charge in [0.25, 0.3) is 0 Å². The van der Waals surface area contributed by atoms with Crippen molar-refractivity contribution in [3.8, 4) is 0 Å². The van der Waals surface area contributed by atoms with E-state index in [1.807, 2.05) is 29.3 Å². The maximum Gasteiger partial charge on any atom is 0.154 e. The maximum absolute atomic E-state index is 11.5. The summed E-state index contributed by atoms with van der Waals surface area (Å²) >= 11 is 1.65. The van der Waals surface area contributed by atoms with E-state index < -0.39 is 15.9 Å². The topological polar surface area (TPSA) is 57.6 Å². The quantitative estimate of drug-likeness (QED) is 0.880. The maximum atomic E-state index is 11.5. The molecule has 2 rings (SSSR count). The van der Waals surface area contributed by atoms with Gasteiger partial charge in [-0.2, -0.15) is 0 Å². The summed E-state index contributed by atoms with van der Waals surface area (Å²) in [6.45, 7) is 3.45. The fourth-order valence-electron chi connectivity index (χ4n) is 2.23. The monoisotopic (exact) mass is 275 g/mol. The summed E-state index contributed by atoms with van der Waals surface area (Å²) in [7, 11) is -3.07. The van der Waals surface area contributed by atoms with Crippen LogP contribution >= 0.6 is 11.3 Å². The van der Waals surface area contributed by atoms with Gasteiger partial charge in [0.2, 0.25) is 0 Å². The molecule has 1 fully saturated rings. The molecule has 0 saturated carbocycles. The minimum absolute atomic E-state index is 0.0768. The Hall–Kier alpha value is -0.430. The van der Waals surface area contributed by atoms with Crippen molar-refractivity contribution in [2.75, 3.05) is 18.1 Å². The summed E-state index contributed by atoms with van der Waals surface area (Å²) < 4.78 is 23.0. The highest BCUT2D eigenvalue weighted by Crippen LogP contribution is 2.21. The molecule has 1 N–H and O–H groups in total. The Bertz CT molecular complexity index is 455. The summed E-state index contributed by atoms with van der Waals surface area (Å²) in [4.78, 5) is 3.24. The van der Waals surface area contributed by atoms with Crippen LogP contribution in [0.15, 0.2) is 17.5 Å². The first-order valence-electron chi connectivity index (χ1n) is 5.67. The lowest BCUT2D eigenvalue weighted by atomic mass is 10.2. The molecule has 0 aliphatic carbocycles. The summed E-state index contributed by atoms with van der Waals surface area (Å²) in [5.74, 6) is -0.0218. The van der Waals surface area contributed by atoms with Crippen molar-refractivity contribution in [3.63, 3.8) is 0 Å². The first-order valence-corrected chi connectivity index (χ1v) is 8.37. The second-order valence-electron chi connectivity index (χ2n) is 4.35.